The van der Waals surface area contributed by atoms with Gasteiger partial charge in [-0.05, 0) is 111 Å². The molecule has 0 saturated carbocycles. The molecule has 4 aliphatic heterocycles. The second-order valence-electron chi connectivity index (χ2n) is 19.7. The number of aliphatic hydroxyl groups excluding tert-OH is 2. The number of alkyl halides is 1. The standard InChI is InChI=1S/C27H34F2N4O3.C22H27F2N3O.C5H8ClNO2/c1-30(12-13-36-26-7-4-20(28)14-24(26)29)25-6-3-19-2-5-21(15-23(19)25)32-10-8-31(9-11-32)18-27(35)33-16-22(34)17-33;1-26(12-13-28-22-7-4-17(23)14-20(22)24)21-6-3-16-2-5-18(15-19(16)21)27-10-8-25-9-11-27;6-1-5(9)7-2-4(8)3-7/h2,4-5,7,14-15,22,25,34H,3,6,8-13,16-18H2,1H3;2,4-5,7,14-15,21,25H,3,6,8-13H2,1H3;4,8H,1-3H2. The first-order chi connectivity index (χ1) is 35.2. The number of hydrogen-bond acceptors (Lipinski definition) is 12. The van der Waals surface area contributed by atoms with Crippen LogP contribution in [0.5, 0.6) is 11.5 Å². The highest BCUT2D eigenvalue weighted by atomic mass is 35.5. The van der Waals surface area contributed by atoms with Crippen molar-refractivity contribution in [2.45, 2.75) is 50.0 Å². The Labute approximate surface area is 431 Å². The first-order valence-corrected chi connectivity index (χ1v) is 26.0. The lowest BCUT2D eigenvalue weighted by molar-refractivity contribution is -0.142. The van der Waals surface area contributed by atoms with Crippen LogP contribution in [0.2, 0.25) is 0 Å². The second-order valence-corrected chi connectivity index (χ2v) is 20.0. The summed E-state index contributed by atoms with van der Waals surface area (Å²) < 4.78 is 64.7. The predicted octanol–water partition coefficient (Wildman–Crippen LogP) is 5.09. The number of piperazine rings is 2. The van der Waals surface area contributed by atoms with Crippen LogP contribution in [-0.4, -0.2) is 190 Å². The van der Waals surface area contributed by atoms with Gasteiger partial charge in [0.2, 0.25) is 11.8 Å². The molecule has 4 heterocycles. The molecule has 10 rings (SSSR count). The number of rotatable bonds is 15. The number of nitrogens with zero attached hydrogens (tertiary/aromatic N) is 7. The van der Waals surface area contributed by atoms with Crippen LogP contribution >= 0.6 is 11.6 Å². The van der Waals surface area contributed by atoms with E-state index in [1.807, 2.05) is 0 Å². The highest BCUT2D eigenvalue weighted by Gasteiger charge is 2.32. The Bertz CT molecular complexity index is 2490. The zero-order valence-electron chi connectivity index (χ0n) is 41.8. The summed E-state index contributed by atoms with van der Waals surface area (Å²) in [7, 11) is 4.14. The van der Waals surface area contributed by atoms with Crippen molar-refractivity contribution in [3.8, 4) is 11.5 Å². The molecule has 4 aromatic carbocycles. The monoisotopic (exact) mass is 1040 g/mol. The summed E-state index contributed by atoms with van der Waals surface area (Å²) in [5.74, 6) is -2.35. The molecule has 0 aromatic heterocycles. The normalized spacial score (nSPS) is 19.9. The Morgan fingerprint density at radius 3 is 1.52 bits per heavy atom. The van der Waals surface area contributed by atoms with Gasteiger partial charge in [0, 0.05) is 127 Å². The number of hydrogen-bond donors (Lipinski definition) is 3. The van der Waals surface area contributed by atoms with Gasteiger partial charge in [0.15, 0.2) is 23.1 Å². The van der Waals surface area contributed by atoms with Crippen LogP contribution in [0, 0.1) is 23.3 Å². The smallest absolute Gasteiger partial charge is 0.237 e. The van der Waals surface area contributed by atoms with E-state index < -0.39 is 23.3 Å². The Morgan fingerprint density at radius 1 is 0.630 bits per heavy atom. The van der Waals surface area contributed by atoms with Crippen LogP contribution in [-0.2, 0) is 22.4 Å². The molecule has 0 radical (unpaired) electrons. The van der Waals surface area contributed by atoms with E-state index >= 15 is 0 Å². The molecule has 4 aromatic rings. The molecule has 4 saturated heterocycles. The number of likely N-dealkylation sites (tertiary alicyclic amines) is 2. The Kier molecular flexibility index (Phi) is 18.8. The van der Waals surface area contributed by atoms with Gasteiger partial charge in [0.05, 0.1) is 18.8 Å². The number of aliphatic hydroxyl groups is 2. The van der Waals surface area contributed by atoms with E-state index in [0.29, 0.717) is 65.1 Å². The van der Waals surface area contributed by atoms with Gasteiger partial charge in [-0.15, -0.1) is 11.6 Å². The third-order valence-corrected chi connectivity index (χ3v) is 15.0. The minimum Gasteiger partial charge on any atom is -0.489 e. The second kappa shape index (κ2) is 25.3. The quantitative estimate of drug-likeness (QED) is 0.109. The van der Waals surface area contributed by atoms with E-state index in [-0.39, 0.29) is 47.4 Å². The average molecular weight is 1040 g/mol. The third kappa shape index (κ3) is 14.1. The summed E-state index contributed by atoms with van der Waals surface area (Å²) in [5.41, 5.74) is 8.01. The number of amides is 2. The molecule has 2 unspecified atom stereocenters. The van der Waals surface area contributed by atoms with Gasteiger partial charge >= 0.3 is 0 Å². The van der Waals surface area contributed by atoms with Crippen molar-refractivity contribution in [1.82, 2.24) is 29.8 Å². The van der Waals surface area contributed by atoms with Crippen LogP contribution in [0.1, 0.15) is 47.2 Å². The zero-order valence-corrected chi connectivity index (χ0v) is 42.6. The topological polar surface area (TPSA) is 128 Å². The van der Waals surface area contributed by atoms with Crippen LogP contribution in [0.15, 0.2) is 72.8 Å². The molecule has 2 aliphatic carbocycles. The minimum absolute atomic E-state index is 0.0206. The lowest BCUT2D eigenvalue weighted by Crippen LogP contribution is -2.57. The molecule has 0 spiro atoms. The largest absolute Gasteiger partial charge is 0.489 e. The van der Waals surface area contributed by atoms with Crippen molar-refractivity contribution >= 4 is 34.8 Å². The van der Waals surface area contributed by atoms with Crippen LogP contribution in [0.3, 0.4) is 0 Å². The zero-order chi connectivity index (χ0) is 51.6. The third-order valence-electron chi connectivity index (χ3n) is 14.7. The van der Waals surface area contributed by atoms with Crippen LogP contribution in [0.25, 0.3) is 0 Å². The summed E-state index contributed by atoms with van der Waals surface area (Å²) in [5, 5.41) is 21.5. The number of ether oxygens (including phenoxy) is 2. The maximum atomic E-state index is 13.8. The van der Waals surface area contributed by atoms with Crippen molar-refractivity contribution in [3.05, 3.63) is 118 Å². The predicted molar refractivity (Wildman–Crippen MR) is 274 cm³/mol. The molecule has 73 heavy (non-hydrogen) atoms. The number of carbonyl (C=O) groups is 2. The highest BCUT2D eigenvalue weighted by Crippen LogP contribution is 2.39. The Hall–Kier alpha value is -5.21. The molecular weight excluding hydrogens is 968 g/mol. The Balaban J connectivity index is 0.000000170. The summed E-state index contributed by atoms with van der Waals surface area (Å²) >= 11 is 5.23. The number of nitrogens with one attached hydrogen (secondary N) is 1. The average Bonchev–Trinajstić information content (AvgIpc) is 4.01. The molecule has 396 valence electrons. The van der Waals surface area contributed by atoms with E-state index in [4.69, 9.17) is 26.2 Å². The highest BCUT2D eigenvalue weighted by molar-refractivity contribution is 6.27. The van der Waals surface area contributed by atoms with Crippen molar-refractivity contribution in [1.29, 1.82) is 0 Å². The van der Waals surface area contributed by atoms with Gasteiger partial charge in [-0.3, -0.25) is 24.3 Å². The first-order valence-electron chi connectivity index (χ1n) is 25.4. The number of fused-ring (bicyclic) bond motifs is 2. The van der Waals surface area contributed by atoms with Gasteiger partial charge in [-0.25, -0.2) is 17.6 Å². The number of aryl methyl sites for hydroxylation is 2. The van der Waals surface area contributed by atoms with Gasteiger partial charge < -0.3 is 44.6 Å². The molecule has 0 bridgehead atoms. The fraction of sp³-hybridized carbons (Fsp3) is 0.519. The van der Waals surface area contributed by atoms with Gasteiger partial charge in [0.25, 0.3) is 0 Å². The number of benzene rings is 4. The fourth-order valence-corrected chi connectivity index (χ4v) is 10.5. The summed E-state index contributed by atoms with van der Waals surface area (Å²) in [6.45, 7) is 11.8. The maximum Gasteiger partial charge on any atom is 0.237 e. The number of β-amino-alcohol motifs (C(OH)–C–C–N with tert-alkyl or cyclic N) is 2. The molecule has 6 aliphatic rings. The van der Waals surface area contributed by atoms with Gasteiger partial charge in [-0.1, -0.05) is 12.1 Å². The van der Waals surface area contributed by atoms with E-state index in [0.717, 1.165) is 90.2 Å². The van der Waals surface area contributed by atoms with Crippen LogP contribution in [0.4, 0.5) is 28.9 Å². The molecule has 19 heteroatoms. The number of halogens is 5. The number of carbonyl (C=O) groups excluding carboxylic acids is 2. The SMILES string of the molecule is CN(CCOc1ccc(F)cc1F)C1CCc2ccc(N3CCN(CC(=O)N4CC(O)C4)CC3)cc21.CN(CCOc1ccc(F)cc1F)C1CCc2ccc(N3CCNCC3)cc21.O=C(CCl)N1CC(O)C1. The van der Waals surface area contributed by atoms with Gasteiger partial charge in [-0.2, -0.15) is 0 Å². The number of likely N-dealkylation sites (N-methyl/N-ethyl adjacent to an activating group) is 2. The van der Waals surface area contributed by atoms with Crippen LogP contribution < -0.4 is 24.6 Å². The molecule has 14 nitrogen and oxygen atoms in total. The van der Waals surface area contributed by atoms with E-state index in [2.05, 4.69) is 80.3 Å². The van der Waals surface area contributed by atoms with Crippen molar-refractivity contribution in [2.24, 2.45) is 0 Å². The van der Waals surface area contributed by atoms with Crippen molar-refractivity contribution < 1.29 is 46.8 Å². The summed E-state index contributed by atoms with van der Waals surface area (Å²) in [4.78, 5) is 37.7. The summed E-state index contributed by atoms with van der Waals surface area (Å²) in [6, 6.07) is 21.0. The first kappa shape index (κ1) is 54.1. The van der Waals surface area contributed by atoms with E-state index in [1.165, 1.54) is 62.8 Å². The Morgan fingerprint density at radius 2 is 1.08 bits per heavy atom. The number of anilines is 2. The molecule has 3 N–H and O–H groups in total. The van der Waals surface area contributed by atoms with Crippen molar-refractivity contribution in [2.75, 3.05) is 141 Å². The van der Waals surface area contributed by atoms with Crippen molar-refractivity contribution in [3.63, 3.8) is 0 Å². The summed E-state index contributed by atoms with van der Waals surface area (Å²) in [6.07, 6.45) is 3.54. The maximum absolute atomic E-state index is 13.8. The van der Waals surface area contributed by atoms with E-state index in [9.17, 15) is 32.3 Å². The molecule has 2 amide bonds. The lowest BCUT2D eigenvalue weighted by Gasteiger charge is -2.40. The van der Waals surface area contributed by atoms with E-state index in [1.54, 1.807) is 4.90 Å². The molecular formula is C54H69ClF4N8O6. The van der Waals surface area contributed by atoms with Gasteiger partial charge in [0.1, 0.15) is 30.7 Å². The minimum atomic E-state index is -0.683. The molecule has 4 fully saturated rings. The fourth-order valence-electron chi connectivity index (χ4n) is 10.3. The molecule has 2 atom stereocenters. The lowest BCUT2D eigenvalue weighted by atomic mass is 10.1.